The smallest absolute Gasteiger partial charge is 0.0587 e. The van der Waals surface area contributed by atoms with Crippen LogP contribution in [0.1, 0.15) is 72.1 Å². The first-order chi connectivity index (χ1) is 9.22. The van der Waals surface area contributed by atoms with Gasteiger partial charge in [-0.05, 0) is 24.8 Å². The summed E-state index contributed by atoms with van der Waals surface area (Å²) >= 11 is 0. The Balaban J connectivity index is 3.48. The molecule has 1 N–H and O–H groups in total. The molecule has 0 saturated carbocycles. The van der Waals surface area contributed by atoms with Gasteiger partial charge in [-0.3, -0.25) is 0 Å². The van der Waals surface area contributed by atoms with Crippen LogP contribution in [0.25, 0.3) is 0 Å². The summed E-state index contributed by atoms with van der Waals surface area (Å²) in [5.41, 5.74) is 0. The summed E-state index contributed by atoms with van der Waals surface area (Å²) in [6.07, 6.45) is 11.3. The summed E-state index contributed by atoms with van der Waals surface area (Å²) in [5.74, 6) is 1.61. The molecule has 0 bridgehead atoms. The maximum absolute atomic E-state index is 5.07. The average molecular weight is 271 g/mol. The molecule has 2 heteroatoms. The molecule has 0 saturated heterocycles. The van der Waals surface area contributed by atoms with Crippen LogP contribution in [0.2, 0.25) is 0 Å². The van der Waals surface area contributed by atoms with Crippen LogP contribution in [-0.4, -0.2) is 26.8 Å². The van der Waals surface area contributed by atoms with E-state index < -0.39 is 0 Å². The van der Waals surface area contributed by atoms with Crippen molar-refractivity contribution in [3.8, 4) is 0 Å². The minimum absolute atomic E-state index is 0.787. The maximum Gasteiger partial charge on any atom is 0.0587 e. The first-order valence-corrected chi connectivity index (χ1v) is 8.42. The van der Waals surface area contributed by atoms with Crippen molar-refractivity contribution in [2.45, 2.75) is 72.1 Å². The van der Waals surface area contributed by atoms with Gasteiger partial charge in [0.2, 0.25) is 0 Å². The zero-order valence-electron chi connectivity index (χ0n) is 13.8. The van der Waals surface area contributed by atoms with Gasteiger partial charge in [-0.2, -0.15) is 0 Å². The van der Waals surface area contributed by atoms with Crippen LogP contribution in [0, 0.1) is 11.8 Å². The summed E-state index contributed by atoms with van der Waals surface area (Å²) in [5, 5.41) is 3.51. The fourth-order valence-corrected chi connectivity index (χ4v) is 2.50. The summed E-state index contributed by atoms with van der Waals surface area (Å²) < 4.78 is 5.07. The highest BCUT2D eigenvalue weighted by Crippen LogP contribution is 2.19. The molecule has 0 heterocycles. The van der Waals surface area contributed by atoms with Crippen molar-refractivity contribution in [1.82, 2.24) is 5.32 Å². The Labute approximate surface area is 121 Å². The Morgan fingerprint density at radius 2 is 1.58 bits per heavy atom. The number of nitrogens with one attached hydrogen (secondary N) is 1. The van der Waals surface area contributed by atoms with Gasteiger partial charge in [0.1, 0.15) is 0 Å². The van der Waals surface area contributed by atoms with Crippen LogP contribution in [-0.2, 0) is 4.74 Å². The zero-order valence-corrected chi connectivity index (χ0v) is 13.8. The first kappa shape index (κ1) is 18.9. The van der Waals surface area contributed by atoms with Crippen LogP contribution in [0.15, 0.2) is 0 Å². The fraction of sp³-hybridized carbons (Fsp3) is 1.00. The van der Waals surface area contributed by atoms with E-state index in [1.807, 2.05) is 0 Å². The van der Waals surface area contributed by atoms with E-state index in [-0.39, 0.29) is 0 Å². The van der Waals surface area contributed by atoms with Crippen molar-refractivity contribution in [2.75, 3.05) is 26.8 Å². The van der Waals surface area contributed by atoms with Gasteiger partial charge < -0.3 is 10.1 Å². The van der Waals surface area contributed by atoms with Crippen LogP contribution in [0.3, 0.4) is 0 Å². The highest BCUT2D eigenvalue weighted by atomic mass is 16.5. The van der Waals surface area contributed by atoms with Crippen molar-refractivity contribution in [3.05, 3.63) is 0 Å². The molecule has 116 valence electrons. The standard InChI is InChI=1S/C17H37NO/c1-5-6-7-8-9-10-11-12-17(16(2)3)15-18-13-14-19-4/h16-18H,5-15H2,1-4H3. The molecule has 1 unspecified atom stereocenters. The van der Waals surface area contributed by atoms with Gasteiger partial charge in [0.25, 0.3) is 0 Å². The maximum atomic E-state index is 5.07. The molecule has 19 heavy (non-hydrogen) atoms. The minimum Gasteiger partial charge on any atom is -0.383 e. The molecule has 0 rings (SSSR count). The van der Waals surface area contributed by atoms with Gasteiger partial charge in [-0.15, -0.1) is 0 Å². The molecule has 0 aromatic rings. The van der Waals surface area contributed by atoms with Crippen molar-refractivity contribution in [1.29, 1.82) is 0 Å². The van der Waals surface area contributed by atoms with Crippen molar-refractivity contribution >= 4 is 0 Å². The predicted molar refractivity (Wildman–Crippen MR) is 85.7 cm³/mol. The Morgan fingerprint density at radius 1 is 0.947 bits per heavy atom. The monoisotopic (exact) mass is 271 g/mol. The van der Waals surface area contributed by atoms with Gasteiger partial charge in [-0.25, -0.2) is 0 Å². The molecule has 0 spiro atoms. The van der Waals surface area contributed by atoms with Gasteiger partial charge in [0.15, 0.2) is 0 Å². The van der Waals surface area contributed by atoms with Crippen LogP contribution in [0.4, 0.5) is 0 Å². The number of ether oxygens (including phenoxy) is 1. The molecule has 0 aliphatic heterocycles. The van der Waals surface area contributed by atoms with Crippen LogP contribution >= 0.6 is 0 Å². The van der Waals surface area contributed by atoms with Crippen molar-refractivity contribution < 1.29 is 4.74 Å². The summed E-state index contributed by atoms with van der Waals surface area (Å²) in [6, 6.07) is 0. The quantitative estimate of drug-likeness (QED) is 0.465. The minimum atomic E-state index is 0.787. The third-order valence-electron chi connectivity index (χ3n) is 4.01. The van der Waals surface area contributed by atoms with Gasteiger partial charge in [0.05, 0.1) is 6.61 Å². The average Bonchev–Trinajstić information content (AvgIpc) is 2.39. The number of unbranched alkanes of at least 4 members (excludes halogenated alkanes) is 6. The molecule has 2 nitrogen and oxygen atoms in total. The molecule has 0 aromatic heterocycles. The number of methoxy groups -OCH3 is 1. The number of hydrogen-bond acceptors (Lipinski definition) is 2. The summed E-state index contributed by atoms with van der Waals surface area (Å²) in [6.45, 7) is 9.94. The van der Waals surface area contributed by atoms with Crippen LogP contribution in [0.5, 0.6) is 0 Å². The van der Waals surface area contributed by atoms with E-state index in [1.54, 1.807) is 7.11 Å². The molecule has 0 aromatic carbocycles. The van der Waals surface area contributed by atoms with E-state index in [4.69, 9.17) is 4.74 Å². The number of rotatable bonds is 14. The lowest BCUT2D eigenvalue weighted by Crippen LogP contribution is -2.28. The zero-order chi connectivity index (χ0) is 14.3. The van der Waals surface area contributed by atoms with E-state index in [1.165, 1.54) is 51.4 Å². The predicted octanol–water partition coefficient (Wildman–Crippen LogP) is 4.64. The van der Waals surface area contributed by atoms with Gasteiger partial charge in [0, 0.05) is 13.7 Å². The lowest BCUT2D eigenvalue weighted by atomic mass is 9.90. The molecular weight excluding hydrogens is 234 g/mol. The highest BCUT2D eigenvalue weighted by Gasteiger charge is 2.12. The SMILES string of the molecule is CCCCCCCCCC(CNCCOC)C(C)C. The molecule has 1 atom stereocenters. The second-order valence-corrected chi connectivity index (χ2v) is 6.11. The Kier molecular flexibility index (Phi) is 14.3. The van der Waals surface area contributed by atoms with E-state index in [0.29, 0.717) is 0 Å². The first-order valence-electron chi connectivity index (χ1n) is 8.42. The fourth-order valence-electron chi connectivity index (χ4n) is 2.50. The topological polar surface area (TPSA) is 21.3 Å². The molecular formula is C17H37NO. The lowest BCUT2D eigenvalue weighted by molar-refractivity contribution is 0.195. The number of hydrogen-bond donors (Lipinski definition) is 1. The normalized spacial score (nSPS) is 13.1. The third-order valence-corrected chi connectivity index (χ3v) is 4.01. The largest absolute Gasteiger partial charge is 0.383 e. The second kappa shape index (κ2) is 14.3. The Morgan fingerprint density at radius 3 is 2.16 bits per heavy atom. The van der Waals surface area contributed by atoms with E-state index >= 15 is 0 Å². The van der Waals surface area contributed by atoms with Crippen molar-refractivity contribution in [3.63, 3.8) is 0 Å². The second-order valence-electron chi connectivity index (χ2n) is 6.11. The molecule has 0 radical (unpaired) electrons. The van der Waals surface area contributed by atoms with Crippen LogP contribution < -0.4 is 5.32 Å². The molecule has 0 aliphatic rings. The Hall–Kier alpha value is -0.0800. The lowest BCUT2D eigenvalue weighted by Gasteiger charge is -2.21. The molecule has 0 fully saturated rings. The van der Waals surface area contributed by atoms with E-state index in [9.17, 15) is 0 Å². The van der Waals surface area contributed by atoms with Gasteiger partial charge in [-0.1, -0.05) is 65.7 Å². The van der Waals surface area contributed by atoms with E-state index in [2.05, 4.69) is 26.1 Å². The van der Waals surface area contributed by atoms with E-state index in [0.717, 1.165) is 31.5 Å². The van der Waals surface area contributed by atoms with Crippen molar-refractivity contribution in [2.24, 2.45) is 11.8 Å². The Bertz CT molecular complexity index is 171. The summed E-state index contributed by atoms with van der Waals surface area (Å²) in [4.78, 5) is 0. The molecule has 0 amide bonds. The summed E-state index contributed by atoms with van der Waals surface area (Å²) in [7, 11) is 1.76. The highest BCUT2D eigenvalue weighted by molar-refractivity contribution is 4.66. The third kappa shape index (κ3) is 12.7. The molecule has 0 aliphatic carbocycles. The van der Waals surface area contributed by atoms with Gasteiger partial charge >= 0.3 is 0 Å².